The minimum absolute atomic E-state index is 0.284. The number of amides is 1. The average Bonchev–Trinajstić information content (AvgIpc) is 2.54. The van der Waals surface area contributed by atoms with Gasteiger partial charge in [0.2, 0.25) is 5.69 Å². The molecule has 27 heavy (non-hydrogen) atoms. The SMILES string of the molecule is [2H]C([2H])([2H])N(C(=O)OC(C)(C)C)C1C(C)(C)C(Oc2ccc([N+]#[C-])c(Cl)c2)C1(C)C. The Kier molecular flexibility index (Phi) is 4.40. The third-order valence-electron chi connectivity index (χ3n) is 4.90. The predicted molar refractivity (Wildman–Crippen MR) is 107 cm³/mol. The fraction of sp³-hybridized carbons (Fsp3) is 0.619. The fourth-order valence-corrected chi connectivity index (χ4v) is 4.49. The lowest BCUT2D eigenvalue weighted by atomic mass is 9.49. The van der Waals surface area contributed by atoms with Crippen LogP contribution < -0.4 is 4.74 Å². The van der Waals surface area contributed by atoms with Gasteiger partial charge in [-0.2, -0.15) is 0 Å². The van der Waals surface area contributed by atoms with E-state index in [1.165, 1.54) is 0 Å². The van der Waals surface area contributed by atoms with Gasteiger partial charge in [-0.15, -0.1) is 0 Å². The largest absolute Gasteiger partial charge is 0.489 e. The van der Waals surface area contributed by atoms with Crippen LogP contribution in [0.4, 0.5) is 10.5 Å². The summed E-state index contributed by atoms with van der Waals surface area (Å²) >= 11 is 6.12. The number of carbonyl (C=O) groups excluding carboxylic acids is 1. The molecule has 0 N–H and O–H groups in total. The lowest BCUT2D eigenvalue weighted by Crippen LogP contribution is -2.74. The van der Waals surface area contributed by atoms with Gasteiger partial charge in [0.15, 0.2) is 0 Å². The molecule has 0 spiro atoms. The number of carbonyl (C=O) groups is 1. The summed E-state index contributed by atoms with van der Waals surface area (Å²) in [6, 6.07) is 4.16. The number of hydrogen-bond acceptors (Lipinski definition) is 3. The topological polar surface area (TPSA) is 43.1 Å². The molecular weight excluding hydrogens is 364 g/mol. The molecule has 1 fully saturated rings. The maximum Gasteiger partial charge on any atom is 0.410 e. The van der Waals surface area contributed by atoms with Crippen LogP contribution in [0.3, 0.4) is 0 Å². The predicted octanol–water partition coefficient (Wildman–Crippen LogP) is 5.94. The maximum atomic E-state index is 12.9. The van der Waals surface area contributed by atoms with E-state index in [0.717, 1.165) is 4.90 Å². The molecule has 0 aliphatic heterocycles. The Morgan fingerprint density at radius 3 is 2.33 bits per heavy atom. The Bertz CT molecular complexity index is 854. The summed E-state index contributed by atoms with van der Waals surface area (Å²) in [6.45, 7) is 17.0. The zero-order chi connectivity index (χ0) is 23.3. The number of halogens is 1. The van der Waals surface area contributed by atoms with Gasteiger partial charge in [0.25, 0.3) is 0 Å². The highest BCUT2D eigenvalue weighted by Crippen LogP contribution is 2.57. The van der Waals surface area contributed by atoms with Gasteiger partial charge >= 0.3 is 6.09 Å². The second-order valence-corrected chi connectivity index (χ2v) is 9.53. The number of nitrogens with zero attached hydrogens (tertiary/aromatic N) is 2. The molecule has 1 saturated carbocycles. The van der Waals surface area contributed by atoms with E-state index in [1.807, 2.05) is 27.7 Å². The van der Waals surface area contributed by atoms with E-state index in [9.17, 15) is 4.79 Å². The first kappa shape index (κ1) is 17.2. The average molecular weight is 396 g/mol. The first-order valence-corrected chi connectivity index (χ1v) is 9.16. The lowest BCUT2D eigenvalue weighted by Gasteiger charge is -2.65. The van der Waals surface area contributed by atoms with Crippen LogP contribution >= 0.6 is 11.6 Å². The Morgan fingerprint density at radius 2 is 1.89 bits per heavy atom. The zero-order valence-corrected chi connectivity index (χ0v) is 17.6. The van der Waals surface area contributed by atoms with Gasteiger partial charge in [0, 0.05) is 21.9 Å². The number of benzene rings is 1. The summed E-state index contributed by atoms with van der Waals surface area (Å²) in [5.41, 5.74) is -1.89. The van der Waals surface area contributed by atoms with Gasteiger partial charge in [0.05, 0.1) is 17.6 Å². The molecule has 5 nitrogen and oxygen atoms in total. The molecule has 1 aromatic carbocycles. The summed E-state index contributed by atoms with van der Waals surface area (Å²) in [5.74, 6) is 0.481. The molecule has 1 aromatic rings. The smallest absolute Gasteiger partial charge is 0.410 e. The van der Waals surface area contributed by atoms with Crippen molar-refractivity contribution in [3.05, 3.63) is 34.6 Å². The third-order valence-corrected chi connectivity index (χ3v) is 5.21. The highest BCUT2D eigenvalue weighted by molar-refractivity contribution is 6.33. The maximum absolute atomic E-state index is 12.9. The van der Waals surface area contributed by atoms with Crippen molar-refractivity contribution in [2.75, 3.05) is 6.98 Å². The molecule has 0 bridgehead atoms. The summed E-state index contributed by atoms with van der Waals surface area (Å²) in [4.78, 5) is 17.1. The van der Waals surface area contributed by atoms with Crippen molar-refractivity contribution in [2.45, 2.75) is 66.2 Å². The number of rotatable bonds is 3. The van der Waals surface area contributed by atoms with Crippen LogP contribution in [0.15, 0.2) is 18.2 Å². The number of hydrogen-bond donors (Lipinski definition) is 0. The fourth-order valence-electron chi connectivity index (χ4n) is 4.28. The van der Waals surface area contributed by atoms with Gasteiger partial charge in [-0.3, -0.25) is 0 Å². The highest BCUT2D eigenvalue weighted by Gasteiger charge is 2.66. The molecule has 6 heteroatoms. The first-order valence-electron chi connectivity index (χ1n) is 10.3. The van der Waals surface area contributed by atoms with E-state index in [1.54, 1.807) is 39.0 Å². The normalized spacial score (nSPS) is 25.1. The van der Waals surface area contributed by atoms with E-state index in [2.05, 4.69) is 4.85 Å². The van der Waals surface area contributed by atoms with Crippen LogP contribution in [0, 0.1) is 17.4 Å². The van der Waals surface area contributed by atoms with E-state index >= 15 is 0 Å². The third kappa shape index (κ3) is 4.01. The van der Waals surface area contributed by atoms with Gasteiger partial charge in [-0.1, -0.05) is 45.4 Å². The monoisotopic (exact) mass is 395 g/mol. The minimum atomic E-state index is -2.67. The Hall–Kier alpha value is -1.93. The van der Waals surface area contributed by atoms with Gasteiger partial charge in [0.1, 0.15) is 17.5 Å². The van der Waals surface area contributed by atoms with Gasteiger partial charge < -0.3 is 14.4 Å². The van der Waals surface area contributed by atoms with Crippen molar-refractivity contribution < 1.29 is 18.4 Å². The molecule has 0 heterocycles. The molecule has 148 valence electrons. The van der Waals surface area contributed by atoms with Crippen molar-refractivity contribution in [1.82, 2.24) is 4.90 Å². The molecule has 2 rings (SSSR count). The van der Waals surface area contributed by atoms with Crippen LogP contribution in [0.5, 0.6) is 5.75 Å². The second kappa shape index (κ2) is 6.91. The number of ether oxygens (including phenoxy) is 2. The molecule has 0 unspecified atom stereocenters. The van der Waals surface area contributed by atoms with Crippen LogP contribution in [-0.4, -0.2) is 35.7 Å². The van der Waals surface area contributed by atoms with E-state index in [-0.39, 0.29) is 5.02 Å². The van der Waals surface area contributed by atoms with Crippen molar-refractivity contribution in [1.29, 1.82) is 0 Å². The van der Waals surface area contributed by atoms with Crippen molar-refractivity contribution in [2.24, 2.45) is 10.8 Å². The van der Waals surface area contributed by atoms with Crippen molar-refractivity contribution in [3.63, 3.8) is 0 Å². The Morgan fingerprint density at radius 1 is 1.30 bits per heavy atom. The Balaban J connectivity index is 2.37. The first-order chi connectivity index (χ1) is 13.4. The molecule has 1 amide bonds. The van der Waals surface area contributed by atoms with Crippen molar-refractivity contribution in [3.8, 4) is 5.75 Å². The highest BCUT2D eigenvalue weighted by atomic mass is 35.5. The molecule has 0 saturated heterocycles. The van der Waals surface area contributed by atoms with Crippen LogP contribution in [-0.2, 0) is 4.74 Å². The van der Waals surface area contributed by atoms with Crippen LogP contribution in [0.2, 0.25) is 5.02 Å². The van der Waals surface area contributed by atoms with Crippen LogP contribution in [0.25, 0.3) is 4.85 Å². The standard InChI is InChI=1S/C21H29ClN2O3/c1-19(2,3)27-18(25)24(9)16-20(4,5)17(21(16,6)7)26-13-10-11-15(23-8)14(22)12-13/h10-12,16-17H,1-7,9H3/i9D3. The second-order valence-electron chi connectivity index (χ2n) is 9.12. The summed E-state index contributed by atoms with van der Waals surface area (Å²) < 4.78 is 35.5. The van der Waals surface area contributed by atoms with Crippen molar-refractivity contribution >= 4 is 23.4 Å². The summed E-state index contributed by atoms with van der Waals surface area (Å²) in [7, 11) is 0. The van der Waals surface area contributed by atoms with E-state index in [4.69, 9.17) is 31.8 Å². The Labute approximate surface area is 171 Å². The molecule has 0 aromatic heterocycles. The molecule has 0 atom stereocenters. The van der Waals surface area contributed by atoms with E-state index in [0.29, 0.717) is 11.4 Å². The van der Waals surface area contributed by atoms with Gasteiger partial charge in [-0.25, -0.2) is 9.64 Å². The molecule has 1 aliphatic rings. The molecular formula is C21H29ClN2O3. The van der Waals surface area contributed by atoms with Gasteiger partial charge in [-0.05, 0) is 32.9 Å². The van der Waals surface area contributed by atoms with E-state index < -0.39 is 41.6 Å². The summed E-state index contributed by atoms with van der Waals surface area (Å²) in [6.07, 6.45) is -1.28. The molecule has 1 aliphatic carbocycles. The zero-order valence-electron chi connectivity index (χ0n) is 19.9. The van der Waals surface area contributed by atoms with Crippen LogP contribution in [0.1, 0.15) is 52.6 Å². The lowest BCUT2D eigenvalue weighted by molar-refractivity contribution is -0.199. The quantitative estimate of drug-likeness (QED) is 0.595. The molecule has 0 radical (unpaired) electrons. The minimum Gasteiger partial charge on any atom is -0.489 e. The summed E-state index contributed by atoms with van der Waals surface area (Å²) in [5, 5.41) is 0.284.